The van der Waals surface area contributed by atoms with Gasteiger partial charge in [-0.05, 0) is 37.3 Å². The molecule has 0 spiro atoms. The molecule has 1 saturated carbocycles. The minimum Gasteiger partial charge on any atom is -0.353 e. The van der Waals surface area contributed by atoms with Gasteiger partial charge in [0.15, 0.2) is 0 Å². The second-order valence-corrected chi connectivity index (χ2v) is 7.96. The van der Waals surface area contributed by atoms with E-state index in [9.17, 15) is 9.59 Å². The summed E-state index contributed by atoms with van der Waals surface area (Å²) in [5, 5.41) is 0. The Labute approximate surface area is 155 Å². The van der Waals surface area contributed by atoms with Crippen LogP contribution in [0.1, 0.15) is 26.2 Å². The minimum atomic E-state index is -0.0803. The summed E-state index contributed by atoms with van der Waals surface area (Å²) in [6, 6.07) is 5.91. The van der Waals surface area contributed by atoms with E-state index in [1.807, 2.05) is 28.0 Å². The van der Waals surface area contributed by atoms with Gasteiger partial charge in [0.1, 0.15) is 5.82 Å². The van der Waals surface area contributed by atoms with E-state index in [0.717, 1.165) is 51.3 Å². The lowest BCUT2D eigenvalue weighted by atomic mass is 9.99. The summed E-state index contributed by atoms with van der Waals surface area (Å²) in [4.78, 5) is 35.9. The van der Waals surface area contributed by atoms with Gasteiger partial charge in [-0.15, -0.1) is 0 Å². The lowest BCUT2D eigenvalue weighted by molar-refractivity contribution is -0.138. The maximum atomic E-state index is 12.8. The number of rotatable bonds is 3. The Morgan fingerprint density at radius 1 is 0.923 bits per heavy atom. The molecular weight excluding hydrogens is 328 g/mol. The number of anilines is 1. The topological polar surface area (TPSA) is 56.8 Å². The van der Waals surface area contributed by atoms with Crippen molar-refractivity contribution >= 4 is 17.6 Å². The average molecular weight is 356 g/mol. The lowest BCUT2D eigenvalue weighted by Gasteiger charge is -2.35. The zero-order valence-corrected chi connectivity index (χ0v) is 15.5. The summed E-state index contributed by atoms with van der Waals surface area (Å²) < 4.78 is 0. The van der Waals surface area contributed by atoms with Crippen LogP contribution in [0.5, 0.6) is 0 Å². The maximum absolute atomic E-state index is 12.8. The first-order valence-corrected chi connectivity index (χ1v) is 9.87. The quantitative estimate of drug-likeness (QED) is 0.826. The molecule has 4 rings (SSSR count). The molecule has 1 aromatic heterocycles. The Kier molecular flexibility index (Phi) is 4.83. The van der Waals surface area contributed by atoms with Crippen LogP contribution in [-0.2, 0) is 9.59 Å². The van der Waals surface area contributed by atoms with Crippen LogP contribution in [0, 0.1) is 17.8 Å². The number of likely N-dealkylation sites (tertiary alicyclic amines) is 1. The average Bonchev–Trinajstić information content (AvgIpc) is 3.49. The van der Waals surface area contributed by atoms with Crippen molar-refractivity contribution in [1.82, 2.24) is 14.8 Å². The Balaban J connectivity index is 1.27. The first-order valence-electron chi connectivity index (χ1n) is 9.87. The van der Waals surface area contributed by atoms with Crippen LogP contribution in [0.25, 0.3) is 0 Å². The van der Waals surface area contributed by atoms with Gasteiger partial charge in [0.2, 0.25) is 11.8 Å². The predicted octanol–water partition coefficient (Wildman–Crippen LogP) is 1.62. The van der Waals surface area contributed by atoms with Gasteiger partial charge in [-0.1, -0.05) is 13.0 Å². The highest BCUT2D eigenvalue weighted by Gasteiger charge is 2.51. The maximum Gasteiger partial charge on any atom is 0.226 e. The van der Waals surface area contributed by atoms with Crippen LogP contribution in [0.4, 0.5) is 5.82 Å². The van der Waals surface area contributed by atoms with Crippen LogP contribution >= 0.6 is 0 Å². The van der Waals surface area contributed by atoms with Crippen molar-refractivity contribution in [3.63, 3.8) is 0 Å². The molecule has 2 amide bonds. The predicted molar refractivity (Wildman–Crippen MR) is 99.6 cm³/mol. The SMILES string of the molecule is CC1CCN(C(=O)C2CC2C(=O)N2CCN(c3ccccn3)CC2)CC1. The number of aromatic nitrogens is 1. The van der Waals surface area contributed by atoms with Crippen molar-refractivity contribution in [2.24, 2.45) is 17.8 Å². The second kappa shape index (κ2) is 7.25. The van der Waals surface area contributed by atoms with E-state index < -0.39 is 0 Å². The third kappa shape index (κ3) is 3.55. The van der Waals surface area contributed by atoms with E-state index >= 15 is 0 Å². The van der Waals surface area contributed by atoms with E-state index in [2.05, 4.69) is 16.8 Å². The minimum absolute atomic E-state index is 0.0651. The van der Waals surface area contributed by atoms with Gasteiger partial charge in [-0.2, -0.15) is 0 Å². The van der Waals surface area contributed by atoms with Gasteiger partial charge in [0, 0.05) is 45.5 Å². The number of piperazine rings is 1. The first kappa shape index (κ1) is 17.3. The van der Waals surface area contributed by atoms with E-state index in [4.69, 9.17) is 0 Å². The molecule has 3 fully saturated rings. The third-order valence-electron chi connectivity index (χ3n) is 6.08. The summed E-state index contributed by atoms with van der Waals surface area (Å²) in [6.07, 6.45) is 4.72. The van der Waals surface area contributed by atoms with Crippen LogP contribution in [0.15, 0.2) is 24.4 Å². The molecule has 0 bridgehead atoms. The first-order chi connectivity index (χ1) is 12.6. The monoisotopic (exact) mass is 356 g/mol. The Bertz CT molecular complexity index is 649. The second-order valence-electron chi connectivity index (χ2n) is 7.96. The molecule has 26 heavy (non-hydrogen) atoms. The molecule has 2 unspecified atom stereocenters. The smallest absolute Gasteiger partial charge is 0.226 e. The van der Waals surface area contributed by atoms with E-state index in [1.54, 1.807) is 6.20 Å². The number of hydrogen-bond donors (Lipinski definition) is 0. The number of amides is 2. The largest absolute Gasteiger partial charge is 0.353 e. The fourth-order valence-corrected chi connectivity index (χ4v) is 4.14. The third-order valence-corrected chi connectivity index (χ3v) is 6.08. The molecule has 0 aromatic carbocycles. The van der Waals surface area contributed by atoms with Gasteiger partial charge < -0.3 is 14.7 Å². The normalized spacial score (nSPS) is 26.7. The van der Waals surface area contributed by atoms with E-state index in [0.29, 0.717) is 19.0 Å². The highest BCUT2D eigenvalue weighted by molar-refractivity contribution is 5.92. The van der Waals surface area contributed by atoms with Gasteiger partial charge in [-0.3, -0.25) is 9.59 Å². The van der Waals surface area contributed by atoms with Gasteiger partial charge in [0.25, 0.3) is 0 Å². The number of piperidine rings is 1. The van der Waals surface area contributed by atoms with Crippen molar-refractivity contribution in [2.45, 2.75) is 26.2 Å². The number of hydrogen-bond acceptors (Lipinski definition) is 4. The van der Waals surface area contributed by atoms with Crippen molar-refractivity contribution in [3.8, 4) is 0 Å². The molecule has 6 nitrogen and oxygen atoms in total. The number of carbonyl (C=O) groups is 2. The molecule has 6 heteroatoms. The molecule has 0 radical (unpaired) electrons. The highest BCUT2D eigenvalue weighted by Crippen LogP contribution is 2.42. The summed E-state index contributed by atoms with van der Waals surface area (Å²) in [6.45, 7) is 7.01. The summed E-state index contributed by atoms with van der Waals surface area (Å²) in [5.41, 5.74) is 0. The van der Waals surface area contributed by atoms with Crippen molar-refractivity contribution in [2.75, 3.05) is 44.2 Å². The standard InChI is InChI=1S/C20H28N4O2/c1-15-5-8-23(9-6-15)19(25)16-14-17(16)20(26)24-12-10-22(11-13-24)18-4-2-3-7-21-18/h2-4,7,15-17H,5-6,8-14H2,1H3. The lowest BCUT2D eigenvalue weighted by Crippen LogP contribution is -2.50. The molecule has 140 valence electrons. The molecule has 3 heterocycles. The van der Waals surface area contributed by atoms with E-state index in [1.165, 1.54) is 0 Å². The van der Waals surface area contributed by atoms with Crippen LogP contribution in [0.2, 0.25) is 0 Å². The van der Waals surface area contributed by atoms with Crippen LogP contribution in [-0.4, -0.2) is 65.9 Å². The summed E-state index contributed by atoms with van der Waals surface area (Å²) >= 11 is 0. The zero-order chi connectivity index (χ0) is 18.1. The zero-order valence-electron chi connectivity index (χ0n) is 15.5. The highest BCUT2D eigenvalue weighted by atomic mass is 16.2. The molecule has 1 aromatic rings. The molecule has 2 aliphatic heterocycles. The summed E-state index contributed by atoms with van der Waals surface area (Å²) in [5.74, 6) is 1.93. The summed E-state index contributed by atoms with van der Waals surface area (Å²) in [7, 11) is 0. The van der Waals surface area contributed by atoms with Crippen LogP contribution < -0.4 is 4.90 Å². The van der Waals surface area contributed by atoms with E-state index in [-0.39, 0.29) is 23.7 Å². The number of carbonyl (C=O) groups excluding carboxylic acids is 2. The van der Waals surface area contributed by atoms with Crippen molar-refractivity contribution in [3.05, 3.63) is 24.4 Å². The fourth-order valence-electron chi connectivity index (χ4n) is 4.14. The Hall–Kier alpha value is -2.11. The van der Waals surface area contributed by atoms with Gasteiger partial charge in [-0.25, -0.2) is 4.98 Å². The molecule has 2 saturated heterocycles. The van der Waals surface area contributed by atoms with Gasteiger partial charge in [0.05, 0.1) is 11.8 Å². The molecular formula is C20H28N4O2. The molecule has 2 atom stereocenters. The van der Waals surface area contributed by atoms with Gasteiger partial charge >= 0.3 is 0 Å². The Morgan fingerprint density at radius 2 is 1.54 bits per heavy atom. The number of nitrogens with zero attached hydrogens (tertiary/aromatic N) is 4. The fraction of sp³-hybridized carbons (Fsp3) is 0.650. The molecule has 0 N–H and O–H groups in total. The van der Waals surface area contributed by atoms with Crippen molar-refractivity contribution < 1.29 is 9.59 Å². The molecule has 1 aliphatic carbocycles. The molecule has 3 aliphatic rings. The number of pyridine rings is 1. The van der Waals surface area contributed by atoms with Crippen LogP contribution in [0.3, 0.4) is 0 Å². The van der Waals surface area contributed by atoms with Crippen molar-refractivity contribution in [1.29, 1.82) is 0 Å². The Morgan fingerprint density at radius 3 is 2.12 bits per heavy atom.